The van der Waals surface area contributed by atoms with Crippen molar-refractivity contribution in [1.82, 2.24) is 24.7 Å². The maximum atomic E-state index is 13.0. The first-order valence-electron chi connectivity index (χ1n) is 11.6. The second kappa shape index (κ2) is 9.76. The molecule has 192 valence electrons. The summed E-state index contributed by atoms with van der Waals surface area (Å²) in [6.45, 7) is 7.26. The van der Waals surface area contributed by atoms with Gasteiger partial charge in [-0.25, -0.2) is 27.2 Å². The highest BCUT2D eigenvalue weighted by atomic mass is 32.2. The van der Waals surface area contributed by atoms with E-state index in [0.717, 1.165) is 9.54 Å². The molecule has 3 aromatic rings. The van der Waals surface area contributed by atoms with Gasteiger partial charge in [0.05, 0.1) is 11.1 Å². The van der Waals surface area contributed by atoms with E-state index in [9.17, 15) is 18.0 Å². The van der Waals surface area contributed by atoms with Crippen LogP contribution in [0, 0.1) is 12.8 Å². The van der Waals surface area contributed by atoms with Crippen molar-refractivity contribution in [3.63, 3.8) is 0 Å². The van der Waals surface area contributed by atoms with Crippen molar-refractivity contribution in [2.45, 2.75) is 63.5 Å². The van der Waals surface area contributed by atoms with Gasteiger partial charge < -0.3 is 10.1 Å². The normalized spacial score (nSPS) is 18.1. The lowest BCUT2D eigenvalue weighted by atomic mass is 10.1. The lowest BCUT2D eigenvalue weighted by Gasteiger charge is -2.21. The number of carbonyl (C=O) groups is 2. The summed E-state index contributed by atoms with van der Waals surface area (Å²) in [7, 11) is -3.83. The number of anilines is 1. The third kappa shape index (κ3) is 5.76. The minimum atomic E-state index is -3.83. The van der Waals surface area contributed by atoms with Gasteiger partial charge in [-0.05, 0) is 65.2 Å². The van der Waals surface area contributed by atoms with E-state index in [1.807, 2.05) is 6.92 Å². The molecule has 2 aromatic heterocycles. The molecule has 1 aliphatic rings. The molecule has 0 unspecified atom stereocenters. The Morgan fingerprint density at radius 2 is 1.83 bits per heavy atom. The van der Waals surface area contributed by atoms with Crippen molar-refractivity contribution in [3.8, 4) is 0 Å². The van der Waals surface area contributed by atoms with Crippen LogP contribution in [0.25, 0.3) is 11.2 Å². The first-order valence-corrected chi connectivity index (χ1v) is 13.1. The minimum Gasteiger partial charge on any atom is -0.444 e. The fourth-order valence-corrected chi connectivity index (χ4v) is 5.31. The van der Waals surface area contributed by atoms with Crippen molar-refractivity contribution in [1.29, 1.82) is 0 Å². The zero-order valence-electron chi connectivity index (χ0n) is 20.6. The molecule has 11 nitrogen and oxygen atoms in total. The number of alkyl carbamates (subject to hydrolysis) is 1. The van der Waals surface area contributed by atoms with Gasteiger partial charge in [0, 0.05) is 18.2 Å². The number of nitrogens with one attached hydrogen (secondary N) is 3. The van der Waals surface area contributed by atoms with E-state index in [2.05, 4.69) is 26.1 Å². The lowest BCUT2D eigenvalue weighted by Crippen LogP contribution is -2.39. The van der Waals surface area contributed by atoms with Gasteiger partial charge in [0.15, 0.2) is 11.5 Å². The fourth-order valence-electron chi connectivity index (χ4n) is 4.02. The smallest absolute Gasteiger partial charge is 0.407 e. The number of ether oxygens (including phenoxy) is 1. The van der Waals surface area contributed by atoms with Gasteiger partial charge in [0.1, 0.15) is 11.1 Å². The SMILES string of the molecule is Cc1ccc(S(=O)(=O)n2ccc3nc(NNC(=O)[C@@H]4CC[C@H](NC(=O)OC(C)(C)C)C4)cnc32)cc1. The summed E-state index contributed by atoms with van der Waals surface area (Å²) < 4.78 is 32.4. The second-order valence-electron chi connectivity index (χ2n) is 9.86. The average Bonchev–Trinajstić information content (AvgIpc) is 3.43. The molecule has 2 atom stereocenters. The van der Waals surface area contributed by atoms with Crippen LogP contribution in [-0.4, -0.2) is 46.0 Å². The average molecular weight is 515 g/mol. The Bertz CT molecular complexity index is 1380. The quantitative estimate of drug-likeness (QED) is 0.426. The topological polar surface area (TPSA) is 144 Å². The molecule has 0 bridgehead atoms. The summed E-state index contributed by atoms with van der Waals surface area (Å²) >= 11 is 0. The fraction of sp³-hybridized carbons (Fsp3) is 0.417. The molecule has 0 spiro atoms. The van der Waals surface area contributed by atoms with Crippen molar-refractivity contribution >= 4 is 39.0 Å². The molecule has 36 heavy (non-hydrogen) atoms. The highest BCUT2D eigenvalue weighted by Gasteiger charge is 2.32. The number of carbonyl (C=O) groups excluding carboxylic acids is 2. The molecule has 1 fully saturated rings. The number of hydrogen-bond donors (Lipinski definition) is 3. The number of hydrazine groups is 1. The minimum absolute atomic E-state index is 0.137. The van der Waals surface area contributed by atoms with Crippen LogP contribution in [-0.2, 0) is 19.6 Å². The largest absolute Gasteiger partial charge is 0.444 e. The van der Waals surface area contributed by atoms with E-state index < -0.39 is 21.7 Å². The molecule has 2 amide bonds. The maximum absolute atomic E-state index is 13.0. The van der Waals surface area contributed by atoms with Gasteiger partial charge in [0.25, 0.3) is 10.0 Å². The standard InChI is InChI=1S/C24H30N6O5S/c1-15-5-9-18(10-6-15)36(33,34)30-12-11-19-21(30)25-14-20(27-19)28-29-22(31)16-7-8-17(13-16)26-23(32)35-24(2,3)4/h5-6,9-12,14,16-17H,7-8,13H2,1-4H3,(H,26,32)(H,27,28)(H,29,31)/t16-,17+/m1/s1. The predicted molar refractivity (Wildman–Crippen MR) is 134 cm³/mol. The van der Waals surface area contributed by atoms with Gasteiger partial charge in [-0.15, -0.1) is 0 Å². The molecule has 0 aliphatic heterocycles. The summed E-state index contributed by atoms with van der Waals surface area (Å²) in [5.41, 5.74) is 6.27. The zero-order chi connectivity index (χ0) is 26.1. The van der Waals surface area contributed by atoms with Crippen molar-refractivity contribution in [2.75, 3.05) is 5.43 Å². The third-order valence-electron chi connectivity index (χ3n) is 5.77. The Morgan fingerprint density at radius 1 is 1.11 bits per heavy atom. The highest BCUT2D eigenvalue weighted by Crippen LogP contribution is 2.26. The first kappa shape index (κ1) is 25.4. The van der Waals surface area contributed by atoms with E-state index >= 15 is 0 Å². The number of fused-ring (bicyclic) bond motifs is 1. The van der Waals surface area contributed by atoms with Gasteiger partial charge in [-0.1, -0.05) is 17.7 Å². The number of rotatable bonds is 6. The molecule has 4 rings (SSSR count). The number of aryl methyl sites for hydroxylation is 1. The molecule has 0 radical (unpaired) electrons. The number of nitrogens with zero attached hydrogens (tertiary/aromatic N) is 3. The first-order chi connectivity index (χ1) is 16.9. The Hall–Kier alpha value is -3.67. The van der Waals surface area contributed by atoms with Gasteiger partial charge in [0.2, 0.25) is 5.91 Å². The van der Waals surface area contributed by atoms with Crippen molar-refractivity contribution < 1.29 is 22.7 Å². The monoisotopic (exact) mass is 514 g/mol. The van der Waals surface area contributed by atoms with E-state index in [4.69, 9.17) is 4.74 Å². The maximum Gasteiger partial charge on any atom is 0.407 e. The Kier molecular flexibility index (Phi) is 6.90. The van der Waals surface area contributed by atoms with Gasteiger partial charge >= 0.3 is 6.09 Å². The molecule has 12 heteroatoms. The van der Waals surface area contributed by atoms with Crippen LogP contribution in [0.3, 0.4) is 0 Å². The van der Waals surface area contributed by atoms with Gasteiger partial charge in [-0.2, -0.15) is 0 Å². The molecule has 1 aliphatic carbocycles. The van der Waals surface area contributed by atoms with Crippen LogP contribution in [0.4, 0.5) is 10.6 Å². The Morgan fingerprint density at radius 3 is 2.53 bits per heavy atom. The number of amides is 2. The highest BCUT2D eigenvalue weighted by molar-refractivity contribution is 7.90. The Labute approximate surface area is 209 Å². The van der Waals surface area contributed by atoms with Crippen LogP contribution < -0.4 is 16.2 Å². The van der Waals surface area contributed by atoms with E-state index in [-0.39, 0.29) is 34.2 Å². The number of aromatic nitrogens is 3. The summed E-state index contributed by atoms with van der Waals surface area (Å²) in [4.78, 5) is 33.3. The predicted octanol–water partition coefficient (Wildman–Crippen LogP) is 3.11. The van der Waals surface area contributed by atoms with Crippen LogP contribution in [0.15, 0.2) is 47.6 Å². The van der Waals surface area contributed by atoms with Crippen molar-refractivity contribution in [2.24, 2.45) is 5.92 Å². The number of hydrogen-bond acceptors (Lipinski definition) is 8. The van der Waals surface area contributed by atoms with E-state index in [1.165, 1.54) is 12.4 Å². The molecule has 0 saturated heterocycles. The van der Waals surface area contributed by atoms with Crippen LogP contribution >= 0.6 is 0 Å². The molecular formula is C24H30N6O5S. The molecule has 2 heterocycles. The van der Waals surface area contributed by atoms with E-state index in [0.29, 0.717) is 24.8 Å². The molecule has 1 aromatic carbocycles. The zero-order valence-corrected chi connectivity index (χ0v) is 21.4. The van der Waals surface area contributed by atoms with Crippen molar-refractivity contribution in [3.05, 3.63) is 48.3 Å². The van der Waals surface area contributed by atoms with E-state index in [1.54, 1.807) is 51.1 Å². The van der Waals surface area contributed by atoms with Crippen LogP contribution in [0.5, 0.6) is 0 Å². The van der Waals surface area contributed by atoms with Crippen LogP contribution in [0.2, 0.25) is 0 Å². The summed E-state index contributed by atoms with van der Waals surface area (Å²) in [5, 5.41) is 2.81. The molecule has 3 N–H and O–H groups in total. The Balaban J connectivity index is 1.36. The summed E-state index contributed by atoms with van der Waals surface area (Å²) in [6.07, 6.45) is 4.05. The second-order valence-corrected chi connectivity index (χ2v) is 11.7. The third-order valence-corrected chi connectivity index (χ3v) is 7.45. The van der Waals surface area contributed by atoms with Gasteiger partial charge in [-0.3, -0.25) is 15.6 Å². The number of benzene rings is 1. The summed E-state index contributed by atoms with van der Waals surface area (Å²) in [6, 6.07) is 7.97. The molecule has 1 saturated carbocycles. The lowest BCUT2D eigenvalue weighted by molar-refractivity contribution is -0.124. The molecular weight excluding hydrogens is 484 g/mol. The van der Waals surface area contributed by atoms with Crippen LogP contribution in [0.1, 0.15) is 45.6 Å². The summed E-state index contributed by atoms with van der Waals surface area (Å²) in [5.74, 6) is -0.248.